The highest BCUT2D eigenvalue weighted by Gasteiger charge is 2.03. The Hall–Kier alpha value is -0.800. The Labute approximate surface area is 130 Å². The summed E-state index contributed by atoms with van der Waals surface area (Å²) in [7, 11) is 0. The van der Waals surface area contributed by atoms with Gasteiger partial charge < -0.3 is 9.88 Å². The Bertz CT molecular complexity index is 533. The van der Waals surface area contributed by atoms with Crippen LogP contribution in [0.25, 0.3) is 10.9 Å². The van der Waals surface area contributed by atoms with E-state index in [4.69, 9.17) is 0 Å². The summed E-state index contributed by atoms with van der Waals surface area (Å²) in [5.74, 6) is 0. The van der Waals surface area contributed by atoms with E-state index in [-0.39, 0.29) is 0 Å². The first-order valence-electron chi connectivity index (χ1n) is 7.68. The van der Waals surface area contributed by atoms with Crippen LogP contribution in [-0.2, 0) is 6.54 Å². The largest absolute Gasteiger partial charge is 0.346 e. The molecule has 0 aliphatic heterocycles. The fraction of sp³-hybridized carbons (Fsp3) is 0.529. The van der Waals surface area contributed by atoms with E-state index in [0.29, 0.717) is 6.04 Å². The molecule has 0 spiro atoms. The molecule has 0 aliphatic rings. The molecular weight excluding hydrogens is 312 g/mol. The van der Waals surface area contributed by atoms with Gasteiger partial charge in [0.05, 0.1) is 0 Å². The molecule has 20 heavy (non-hydrogen) atoms. The van der Waals surface area contributed by atoms with Gasteiger partial charge in [-0.3, -0.25) is 0 Å². The second kappa shape index (κ2) is 7.84. The monoisotopic (exact) mass is 336 g/mol. The molecule has 1 heterocycles. The van der Waals surface area contributed by atoms with Crippen LogP contribution in [0.5, 0.6) is 0 Å². The third-order valence-corrected chi connectivity index (χ3v) is 4.31. The van der Waals surface area contributed by atoms with E-state index < -0.39 is 0 Å². The lowest BCUT2D eigenvalue weighted by atomic mass is 10.1. The molecule has 1 N–H and O–H groups in total. The summed E-state index contributed by atoms with van der Waals surface area (Å²) in [4.78, 5) is 0. The van der Waals surface area contributed by atoms with Gasteiger partial charge >= 0.3 is 0 Å². The summed E-state index contributed by atoms with van der Waals surface area (Å²) in [6.07, 6.45) is 7.46. The molecule has 3 heteroatoms. The average Bonchev–Trinajstić information content (AvgIpc) is 2.81. The van der Waals surface area contributed by atoms with Crippen LogP contribution < -0.4 is 5.32 Å². The van der Waals surface area contributed by atoms with Crippen LogP contribution in [0.1, 0.15) is 39.5 Å². The van der Waals surface area contributed by atoms with Crippen molar-refractivity contribution in [3.8, 4) is 0 Å². The first-order chi connectivity index (χ1) is 9.70. The highest BCUT2D eigenvalue weighted by molar-refractivity contribution is 9.10. The van der Waals surface area contributed by atoms with E-state index in [1.807, 2.05) is 0 Å². The molecule has 0 saturated carbocycles. The van der Waals surface area contributed by atoms with Gasteiger partial charge in [0.25, 0.3) is 0 Å². The number of nitrogens with one attached hydrogen (secondary N) is 1. The molecule has 0 saturated heterocycles. The third kappa shape index (κ3) is 4.35. The lowest BCUT2D eigenvalue weighted by molar-refractivity contribution is 0.473. The maximum absolute atomic E-state index is 3.63. The maximum atomic E-state index is 3.63. The summed E-state index contributed by atoms with van der Waals surface area (Å²) < 4.78 is 3.47. The molecule has 0 fully saturated rings. The topological polar surface area (TPSA) is 17.0 Å². The number of halogens is 1. The number of hydrogen-bond acceptors (Lipinski definition) is 1. The second-order valence-corrected chi connectivity index (χ2v) is 6.48. The lowest BCUT2D eigenvalue weighted by Gasteiger charge is -2.14. The molecular formula is C17H25BrN2. The summed E-state index contributed by atoms with van der Waals surface area (Å²) >= 11 is 3.52. The molecule has 1 aromatic carbocycles. The first-order valence-corrected chi connectivity index (χ1v) is 8.47. The highest BCUT2D eigenvalue weighted by Crippen LogP contribution is 2.20. The molecule has 2 nitrogen and oxygen atoms in total. The smallest absolute Gasteiger partial charge is 0.0481 e. The quantitative estimate of drug-likeness (QED) is 0.674. The number of nitrogens with zero attached hydrogens (tertiary/aromatic N) is 1. The van der Waals surface area contributed by atoms with Crippen LogP contribution in [0.4, 0.5) is 0 Å². The second-order valence-electron chi connectivity index (χ2n) is 5.56. The molecule has 0 radical (unpaired) electrons. The van der Waals surface area contributed by atoms with Gasteiger partial charge in [-0.1, -0.05) is 42.1 Å². The van der Waals surface area contributed by atoms with E-state index in [0.717, 1.165) is 17.6 Å². The minimum atomic E-state index is 0.623. The van der Waals surface area contributed by atoms with Gasteiger partial charge in [-0.15, -0.1) is 0 Å². The van der Waals surface area contributed by atoms with Crippen molar-refractivity contribution in [2.75, 3.05) is 6.54 Å². The van der Waals surface area contributed by atoms with Gasteiger partial charge in [0, 0.05) is 40.7 Å². The minimum absolute atomic E-state index is 0.623. The number of hydrogen-bond donors (Lipinski definition) is 1. The van der Waals surface area contributed by atoms with Crippen LogP contribution in [0.3, 0.4) is 0 Å². The molecule has 2 rings (SSSR count). The van der Waals surface area contributed by atoms with Crippen molar-refractivity contribution >= 4 is 26.8 Å². The SMILES string of the molecule is CCCCCC(C)NCCn1ccc2cc(Br)ccc21. The molecule has 0 aliphatic carbocycles. The van der Waals surface area contributed by atoms with Gasteiger partial charge in [0.2, 0.25) is 0 Å². The lowest BCUT2D eigenvalue weighted by Crippen LogP contribution is -2.29. The molecule has 2 aromatic rings. The number of unbranched alkanes of at least 4 members (excludes halogenated alkanes) is 2. The zero-order valence-corrected chi connectivity index (χ0v) is 14.1. The number of fused-ring (bicyclic) bond motifs is 1. The number of rotatable bonds is 8. The van der Waals surface area contributed by atoms with Crippen molar-refractivity contribution in [3.05, 3.63) is 34.9 Å². The van der Waals surface area contributed by atoms with E-state index in [9.17, 15) is 0 Å². The predicted octanol–water partition coefficient (Wildman–Crippen LogP) is 4.96. The first kappa shape index (κ1) is 15.6. The Morgan fingerprint density at radius 1 is 1.25 bits per heavy atom. The van der Waals surface area contributed by atoms with Crippen molar-refractivity contribution in [3.63, 3.8) is 0 Å². The zero-order chi connectivity index (χ0) is 14.4. The van der Waals surface area contributed by atoms with E-state index in [1.54, 1.807) is 0 Å². The summed E-state index contributed by atoms with van der Waals surface area (Å²) in [5.41, 5.74) is 1.31. The van der Waals surface area contributed by atoms with Crippen molar-refractivity contribution in [1.29, 1.82) is 0 Å². The van der Waals surface area contributed by atoms with Gasteiger partial charge in [0.1, 0.15) is 0 Å². The van der Waals surface area contributed by atoms with E-state index in [1.165, 1.54) is 36.6 Å². The van der Waals surface area contributed by atoms with Gasteiger partial charge in [-0.2, -0.15) is 0 Å². The van der Waals surface area contributed by atoms with Gasteiger partial charge in [-0.25, -0.2) is 0 Å². The summed E-state index contributed by atoms with van der Waals surface area (Å²) in [6.45, 7) is 6.62. The van der Waals surface area contributed by atoms with Crippen molar-refractivity contribution in [1.82, 2.24) is 9.88 Å². The Morgan fingerprint density at radius 2 is 2.10 bits per heavy atom. The van der Waals surface area contributed by atoms with Crippen LogP contribution in [0.15, 0.2) is 34.9 Å². The van der Waals surface area contributed by atoms with E-state index in [2.05, 4.69) is 70.1 Å². The average molecular weight is 337 g/mol. The van der Waals surface area contributed by atoms with Crippen LogP contribution >= 0.6 is 15.9 Å². The Kier molecular flexibility index (Phi) is 6.11. The Balaban J connectivity index is 1.81. The normalized spacial score (nSPS) is 12.9. The van der Waals surface area contributed by atoms with Crippen molar-refractivity contribution in [2.45, 2.75) is 52.1 Å². The van der Waals surface area contributed by atoms with Crippen molar-refractivity contribution < 1.29 is 0 Å². The van der Waals surface area contributed by atoms with Crippen LogP contribution in [0.2, 0.25) is 0 Å². The fourth-order valence-electron chi connectivity index (χ4n) is 2.60. The maximum Gasteiger partial charge on any atom is 0.0481 e. The Morgan fingerprint density at radius 3 is 2.90 bits per heavy atom. The molecule has 0 bridgehead atoms. The minimum Gasteiger partial charge on any atom is -0.346 e. The number of benzene rings is 1. The zero-order valence-electron chi connectivity index (χ0n) is 12.5. The van der Waals surface area contributed by atoms with Gasteiger partial charge in [0.15, 0.2) is 0 Å². The third-order valence-electron chi connectivity index (χ3n) is 3.82. The molecule has 1 unspecified atom stereocenters. The fourth-order valence-corrected chi connectivity index (χ4v) is 2.98. The summed E-state index contributed by atoms with van der Waals surface area (Å²) in [5, 5.41) is 4.93. The van der Waals surface area contributed by atoms with Crippen LogP contribution in [-0.4, -0.2) is 17.2 Å². The standard InChI is InChI=1S/C17H25BrN2/c1-3-4-5-6-14(2)19-10-12-20-11-9-15-13-16(18)7-8-17(15)20/h7-9,11,13-14,19H,3-6,10,12H2,1-2H3. The molecule has 1 atom stereocenters. The van der Waals surface area contributed by atoms with Gasteiger partial charge in [-0.05, 0) is 37.6 Å². The van der Waals surface area contributed by atoms with Crippen LogP contribution in [0, 0.1) is 0 Å². The number of aromatic nitrogens is 1. The molecule has 1 aromatic heterocycles. The predicted molar refractivity (Wildman–Crippen MR) is 91.2 cm³/mol. The molecule has 0 amide bonds. The molecule has 110 valence electrons. The highest BCUT2D eigenvalue weighted by atomic mass is 79.9. The summed E-state index contributed by atoms with van der Waals surface area (Å²) in [6, 6.07) is 9.28. The van der Waals surface area contributed by atoms with E-state index >= 15 is 0 Å². The van der Waals surface area contributed by atoms with Crippen molar-refractivity contribution in [2.24, 2.45) is 0 Å².